The molecule has 0 radical (unpaired) electrons. The van der Waals surface area contributed by atoms with Crippen molar-refractivity contribution in [1.82, 2.24) is 4.98 Å². The lowest BCUT2D eigenvalue weighted by Crippen LogP contribution is -2.47. The molecule has 0 unspecified atom stereocenters. The monoisotopic (exact) mass is 233 g/mol. The molecule has 92 valence electrons. The number of carbonyl (C=O) groups is 1. The van der Waals surface area contributed by atoms with Crippen LogP contribution in [0.15, 0.2) is 18.5 Å². The zero-order valence-electron chi connectivity index (χ0n) is 10.6. The maximum Gasteiger partial charge on any atom is 0.224 e. The molecule has 1 N–H and O–H groups in total. The summed E-state index contributed by atoms with van der Waals surface area (Å²) in [7, 11) is 0. The fourth-order valence-electron chi connectivity index (χ4n) is 2.40. The van der Waals surface area contributed by atoms with Crippen molar-refractivity contribution < 1.29 is 4.79 Å². The Kier molecular flexibility index (Phi) is 3.31. The Bertz CT molecular complexity index is 417. The van der Waals surface area contributed by atoms with Gasteiger partial charge in [0, 0.05) is 19.7 Å². The lowest BCUT2D eigenvalue weighted by atomic mass is 9.99. The molecule has 1 aromatic heterocycles. The molecule has 1 amide bonds. The average Bonchev–Trinajstić information content (AvgIpc) is 2.27. The van der Waals surface area contributed by atoms with Gasteiger partial charge in [-0.2, -0.15) is 0 Å². The molecule has 2 rings (SSSR count). The van der Waals surface area contributed by atoms with Gasteiger partial charge in [-0.05, 0) is 18.4 Å². The van der Waals surface area contributed by atoms with Crippen molar-refractivity contribution in [3.05, 3.63) is 18.5 Å². The quantitative estimate of drug-likeness (QED) is 0.852. The zero-order valence-corrected chi connectivity index (χ0v) is 10.6. The van der Waals surface area contributed by atoms with Crippen LogP contribution < -0.4 is 10.2 Å². The Hall–Kier alpha value is -1.58. The number of pyridine rings is 1. The smallest absolute Gasteiger partial charge is 0.224 e. The topological polar surface area (TPSA) is 45.2 Å². The van der Waals surface area contributed by atoms with Crippen LogP contribution >= 0.6 is 0 Å². The summed E-state index contributed by atoms with van der Waals surface area (Å²) < 4.78 is 0. The van der Waals surface area contributed by atoms with Gasteiger partial charge in [0.25, 0.3) is 0 Å². The third-order valence-electron chi connectivity index (χ3n) is 3.04. The van der Waals surface area contributed by atoms with Gasteiger partial charge in [0.2, 0.25) is 5.91 Å². The van der Waals surface area contributed by atoms with E-state index in [0.29, 0.717) is 5.92 Å². The maximum absolute atomic E-state index is 11.8. The second-order valence-electron chi connectivity index (χ2n) is 4.95. The van der Waals surface area contributed by atoms with Crippen molar-refractivity contribution >= 4 is 17.3 Å². The summed E-state index contributed by atoms with van der Waals surface area (Å²) in [5.41, 5.74) is 1.90. The molecule has 0 bridgehead atoms. The van der Waals surface area contributed by atoms with Crippen LogP contribution in [-0.2, 0) is 4.79 Å². The Morgan fingerprint density at radius 1 is 1.65 bits per heavy atom. The van der Waals surface area contributed by atoms with Gasteiger partial charge >= 0.3 is 0 Å². The van der Waals surface area contributed by atoms with Gasteiger partial charge in [-0.25, -0.2) is 0 Å². The van der Waals surface area contributed by atoms with E-state index >= 15 is 0 Å². The first-order chi connectivity index (χ1) is 8.09. The predicted molar refractivity (Wildman–Crippen MR) is 69.1 cm³/mol. The van der Waals surface area contributed by atoms with E-state index < -0.39 is 0 Å². The van der Waals surface area contributed by atoms with E-state index in [0.717, 1.165) is 24.3 Å². The molecule has 1 aliphatic rings. The summed E-state index contributed by atoms with van der Waals surface area (Å²) in [6.45, 7) is 6.79. The number of fused-ring (bicyclic) bond motifs is 1. The van der Waals surface area contributed by atoms with Gasteiger partial charge in [-0.15, -0.1) is 0 Å². The third kappa shape index (κ3) is 2.40. The van der Waals surface area contributed by atoms with Crippen molar-refractivity contribution in [3.63, 3.8) is 0 Å². The summed E-state index contributed by atoms with van der Waals surface area (Å²) in [5.74, 6) is 0.660. The molecular formula is C13H19N3O. The van der Waals surface area contributed by atoms with E-state index in [9.17, 15) is 4.79 Å². The van der Waals surface area contributed by atoms with E-state index in [1.54, 1.807) is 19.3 Å². The van der Waals surface area contributed by atoms with Crippen molar-refractivity contribution in [2.45, 2.75) is 33.2 Å². The first-order valence-corrected chi connectivity index (χ1v) is 6.07. The molecule has 17 heavy (non-hydrogen) atoms. The van der Waals surface area contributed by atoms with Crippen LogP contribution in [0.4, 0.5) is 11.4 Å². The molecular weight excluding hydrogens is 214 g/mol. The van der Waals surface area contributed by atoms with Gasteiger partial charge < -0.3 is 10.2 Å². The van der Waals surface area contributed by atoms with Gasteiger partial charge in [0.05, 0.1) is 23.6 Å². The average molecular weight is 233 g/mol. The van der Waals surface area contributed by atoms with Crippen LogP contribution in [0.2, 0.25) is 0 Å². The second-order valence-corrected chi connectivity index (χ2v) is 4.95. The highest BCUT2D eigenvalue weighted by Gasteiger charge is 2.29. The van der Waals surface area contributed by atoms with E-state index in [4.69, 9.17) is 0 Å². The van der Waals surface area contributed by atoms with Crippen molar-refractivity contribution in [2.24, 2.45) is 5.92 Å². The molecule has 4 heteroatoms. The molecule has 0 fully saturated rings. The number of amides is 1. The van der Waals surface area contributed by atoms with E-state index in [1.165, 1.54) is 0 Å². The van der Waals surface area contributed by atoms with E-state index in [1.807, 2.05) is 11.0 Å². The van der Waals surface area contributed by atoms with Crippen LogP contribution in [-0.4, -0.2) is 23.5 Å². The molecule has 0 saturated carbocycles. The Morgan fingerprint density at radius 3 is 3.06 bits per heavy atom. The molecule has 4 nitrogen and oxygen atoms in total. The molecule has 0 spiro atoms. The lowest BCUT2D eigenvalue weighted by molar-refractivity contribution is -0.117. The standard InChI is InChI=1S/C13H19N3O/c1-9(2)6-11-7-15-12-4-5-14-8-13(12)16(11)10(3)17/h4-5,8-9,11,15H,6-7H2,1-3H3/t11-/m1/s1. The van der Waals surface area contributed by atoms with E-state index in [2.05, 4.69) is 24.1 Å². The number of aromatic nitrogens is 1. The van der Waals surface area contributed by atoms with Crippen molar-refractivity contribution in [1.29, 1.82) is 0 Å². The summed E-state index contributed by atoms with van der Waals surface area (Å²) in [6, 6.07) is 2.14. The number of hydrogen-bond donors (Lipinski definition) is 1. The van der Waals surface area contributed by atoms with Crippen LogP contribution in [0.25, 0.3) is 0 Å². The molecule has 0 aliphatic carbocycles. The summed E-state index contributed by atoms with van der Waals surface area (Å²) >= 11 is 0. The summed E-state index contributed by atoms with van der Waals surface area (Å²) in [5, 5.41) is 3.37. The van der Waals surface area contributed by atoms with Gasteiger partial charge in [0.1, 0.15) is 0 Å². The van der Waals surface area contributed by atoms with Gasteiger partial charge in [-0.1, -0.05) is 13.8 Å². The van der Waals surface area contributed by atoms with Crippen molar-refractivity contribution in [3.8, 4) is 0 Å². The van der Waals surface area contributed by atoms with Crippen LogP contribution in [0.5, 0.6) is 0 Å². The zero-order chi connectivity index (χ0) is 12.4. The predicted octanol–water partition coefficient (Wildman–Crippen LogP) is 2.27. The van der Waals surface area contributed by atoms with E-state index in [-0.39, 0.29) is 11.9 Å². The fraction of sp³-hybridized carbons (Fsp3) is 0.538. The Morgan fingerprint density at radius 2 is 2.41 bits per heavy atom. The first kappa shape index (κ1) is 11.9. The Balaban J connectivity index is 2.32. The molecule has 1 atom stereocenters. The molecule has 0 aromatic carbocycles. The normalized spacial score (nSPS) is 18.8. The SMILES string of the molecule is CC(=O)N1c2cnccc2NC[C@H]1CC(C)C. The second kappa shape index (κ2) is 4.73. The number of carbonyl (C=O) groups excluding carboxylic acids is 1. The van der Waals surface area contributed by atoms with Crippen LogP contribution in [0.3, 0.4) is 0 Å². The Labute approximate surface area is 102 Å². The first-order valence-electron chi connectivity index (χ1n) is 6.07. The molecule has 1 aliphatic heterocycles. The number of nitrogens with zero attached hydrogens (tertiary/aromatic N) is 2. The fourth-order valence-corrected chi connectivity index (χ4v) is 2.40. The number of nitrogens with one attached hydrogen (secondary N) is 1. The lowest BCUT2D eigenvalue weighted by Gasteiger charge is -2.37. The maximum atomic E-state index is 11.8. The largest absolute Gasteiger partial charge is 0.381 e. The molecule has 0 saturated heterocycles. The van der Waals surface area contributed by atoms with Crippen LogP contribution in [0.1, 0.15) is 27.2 Å². The highest BCUT2D eigenvalue weighted by Crippen LogP contribution is 2.32. The molecule has 1 aromatic rings. The third-order valence-corrected chi connectivity index (χ3v) is 3.04. The minimum Gasteiger partial charge on any atom is -0.381 e. The minimum atomic E-state index is 0.0893. The number of anilines is 2. The number of hydrogen-bond acceptors (Lipinski definition) is 3. The number of rotatable bonds is 2. The highest BCUT2D eigenvalue weighted by molar-refractivity contribution is 5.96. The summed E-state index contributed by atoms with van der Waals surface area (Å²) in [6.07, 6.45) is 4.50. The van der Waals surface area contributed by atoms with Crippen LogP contribution in [0, 0.1) is 5.92 Å². The van der Waals surface area contributed by atoms with Crippen molar-refractivity contribution in [2.75, 3.05) is 16.8 Å². The van der Waals surface area contributed by atoms with Gasteiger partial charge in [-0.3, -0.25) is 9.78 Å². The minimum absolute atomic E-state index is 0.0893. The van der Waals surface area contributed by atoms with Gasteiger partial charge in [0.15, 0.2) is 0 Å². The highest BCUT2D eigenvalue weighted by atomic mass is 16.2. The summed E-state index contributed by atoms with van der Waals surface area (Å²) in [4.78, 5) is 17.8. The molecule has 2 heterocycles.